The minimum atomic E-state index is -0.162. The minimum Gasteiger partial charge on any atom is -0.356 e. The molecule has 0 aliphatic carbocycles. The number of nitrogens with one attached hydrogen (secondary N) is 2. The molecule has 136 valence electrons. The van der Waals surface area contributed by atoms with Crippen LogP contribution < -0.4 is 10.6 Å². The molecule has 1 atom stereocenters. The summed E-state index contributed by atoms with van der Waals surface area (Å²) in [7, 11) is 3.94. The molecule has 0 saturated carbocycles. The van der Waals surface area contributed by atoms with E-state index in [1.165, 1.54) is 12.8 Å². The fraction of sp³-hybridized carbons (Fsp3) is 0.611. The first-order valence-electron chi connectivity index (χ1n) is 8.41. The predicted molar refractivity (Wildman–Crippen MR) is 110 cm³/mol. The Morgan fingerprint density at radius 3 is 2.62 bits per heavy atom. The number of guanidine groups is 1. The van der Waals surface area contributed by atoms with E-state index in [0.29, 0.717) is 11.5 Å². The molecule has 24 heavy (non-hydrogen) atoms. The van der Waals surface area contributed by atoms with E-state index in [-0.39, 0.29) is 35.8 Å². The van der Waals surface area contributed by atoms with Gasteiger partial charge in [0, 0.05) is 13.6 Å². The first kappa shape index (κ1) is 21.2. The monoisotopic (exact) mass is 448 g/mol. The van der Waals surface area contributed by atoms with Gasteiger partial charge in [-0.05, 0) is 69.9 Å². The largest absolute Gasteiger partial charge is 0.356 e. The second kappa shape index (κ2) is 10.2. The number of aryl methyl sites for hydroxylation is 1. The maximum Gasteiger partial charge on any atom is 0.191 e. The molecular formula is C18H30FIN4. The molecule has 0 radical (unpaired) electrons. The van der Waals surface area contributed by atoms with Crippen LogP contribution in [-0.2, 0) is 0 Å². The number of hydrogen-bond donors (Lipinski definition) is 2. The Hall–Kier alpha value is -0.890. The number of likely N-dealkylation sites (tertiary alicyclic amines) is 1. The minimum absolute atomic E-state index is 0. The molecule has 1 aliphatic rings. The van der Waals surface area contributed by atoms with Gasteiger partial charge in [0.25, 0.3) is 0 Å². The second-order valence-electron chi connectivity index (χ2n) is 6.57. The summed E-state index contributed by atoms with van der Waals surface area (Å²) in [5, 5.41) is 6.75. The van der Waals surface area contributed by atoms with E-state index in [9.17, 15) is 4.39 Å². The van der Waals surface area contributed by atoms with Crippen molar-refractivity contribution in [2.75, 3.05) is 33.7 Å². The van der Waals surface area contributed by atoms with Crippen molar-refractivity contribution in [2.24, 2.45) is 10.9 Å². The summed E-state index contributed by atoms with van der Waals surface area (Å²) >= 11 is 0. The van der Waals surface area contributed by atoms with Crippen LogP contribution in [-0.4, -0.2) is 44.6 Å². The Bertz CT molecular complexity index is 542. The molecule has 2 N–H and O–H groups in total. The van der Waals surface area contributed by atoms with Crippen LogP contribution in [0.3, 0.4) is 0 Å². The molecule has 2 rings (SSSR count). The van der Waals surface area contributed by atoms with Gasteiger partial charge in [0.2, 0.25) is 0 Å². The molecule has 0 spiro atoms. The molecule has 1 heterocycles. The first-order valence-corrected chi connectivity index (χ1v) is 8.41. The standard InChI is InChI=1S/C18H29FN4.HI/c1-13-5-6-16(11-17(13)19)14(2)22-18(20-3)21-12-15-7-9-23(4)10-8-15;/h5-6,11,14-15H,7-10,12H2,1-4H3,(H2,20,21,22);1H. The Morgan fingerprint density at radius 2 is 2.04 bits per heavy atom. The van der Waals surface area contributed by atoms with Gasteiger partial charge >= 0.3 is 0 Å². The van der Waals surface area contributed by atoms with Gasteiger partial charge in [0.1, 0.15) is 5.82 Å². The van der Waals surface area contributed by atoms with E-state index in [2.05, 4.69) is 27.6 Å². The molecule has 1 saturated heterocycles. The highest BCUT2D eigenvalue weighted by molar-refractivity contribution is 14.0. The van der Waals surface area contributed by atoms with Crippen molar-refractivity contribution in [3.8, 4) is 0 Å². The van der Waals surface area contributed by atoms with Crippen molar-refractivity contribution < 1.29 is 4.39 Å². The normalized spacial score (nSPS) is 18.0. The fourth-order valence-electron chi connectivity index (χ4n) is 2.87. The number of benzene rings is 1. The molecule has 1 aromatic carbocycles. The third-order valence-corrected chi connectivity index (χ3v) is 4.67. The average molecular weight is 448 g/mol. The molecule has 4 nitrogen and oxygen atoms in total. The number of piperidine rings is 1. The van der Waals surface area contributed by atoms with Crippen LogP contribution in [0, 0.1) is 18.7 Å². The quantitative estimate of drug-likeness (QED) is 0.422. The highest BCUT2D eigenvalue weighted by Crippen LogP contribution is 2.17. The lowest BCUT2D eigenvalue weighted by molar-refractivity contribution is 0.220. The summed E-state index contributed by atoms with van der Waals surface area (Å²) in [6.07, 6.45) is 2.44. The van der Waals surface area contributed by atoms with E-state index in [1.54, 1.807) is 20.0 Å². The molecule has 1 fully saturated rings. The summed E-state index contributed by atoms with van der Waals surface area (Å²) < 4.78 is 13.7. The van der Waals surface area contributed by atoms with Gasteiger partial charge in [-0.15, -0.1) is 24.0 Å². The van der Waals surface area contributed by atoms with Gasteiger partial charge < -0.3 is 15.5 Å². The third kappa shape index (κ3) is 6.20. The fourth-order valence-corrected chi connectivity index (χ4v) is 2.87. The molecule has 0 aromatic heterocycles. The molecular weight excluding hydrogens is 418 g/mol. The highest BCUT2D eigenvalue weighted by atomic mass is 127. The Morgan fingerprint density at radius 1 is 1.38 bits per heavy atom. The number of nitrogens with zero attached hydrogens (tertiary/aromatic N) is 2. The van der Waals surface area contributed by atoms with Crippen LogP contribution in [0.2, 0.25) is 0 Å². The third-order valence-electron chi connectivity index (χ3n) is 4.67. The Kier molecular flexibility index (Phi) is 8.97. The molecule has 1 aliphatic heterocycles. The number of aliphatic imine (C=N–C) groups is 1. The van der Waals surface area contributed by atoms with Gasteiger partial charge in [-0.25, -0.2) is 4.39 Å². The van der Waals surface area contributed by atoms with Crippen molar-refractivity contribution in [2.45, 2.75) is 32.7 Å². The Labute approximate surface area is 162 Å². The van der Waals surface area contributed by atoms with Crippen LogP contribution >= 0.6 is 24.0 Å². The summed E-state index contributed by atoms with van der Waals surface area (Å²) in [5.41, 5.74) is 1.60. The van der Waals surface area contributed by atoms with Gasteiger partial charge in [-0.3, -0.25) is 4.99 Å². The lowest BCUT2D eigenvalue weighted by Crippen LogP contribution is -2.43. The molecule has 0 bridgehead atoms. The number of hydrogen-bond acceptors (Lipinski definition) is 2. The van der Waals surface area contributed by atoms with E-state index in [0.717, 1.165) is 31.2 Å². The predicted octanol–water partition coefficient (Wildman–Crippen LogP) is 3.32. The Balaban J connectivity index is 0.00000288. The topological polar surface area (TPSA) is 39.7 Å². The van der Waals surface area contributed by atoms with Gasteiger partial charge in [-0.1, -0.05) is 12.1 Å². The lowest BCUT2D eigenvalue weighted by atomic mass is 9.97. The van der Waals surface area contributed by atoms with Crippen molar-refractivity contribution in [3.63, 3.8) is 0 Å². The summed E-state index contributed by atoms with van der Waals surface area (Å²) in [6.45, 7) is 7.06. The molecule has 1 unspecified atom stereocenters. The highest BCUT2D eigenvalue weighted by Gasteiger charge is 2.17. The van der Waals surface area contributed by atoms with E-state index >= 15 is 0 Å². The average Bonchev–Trinajstić information content (AvgIpc) is 2.55. The summed E-state index contributed by atoms with van der Waals surface area (Å²) in [6, 6.07) is 5.38. The van der Waals surface area contributed by atoms with Crippen molar-refractivity contribution in [1.29, 1.82) is 0 Å². The van der Waals surface area contributed by atoms with E-state index in [4.69, 9.17) is 0 Å². The lowest BCUT2D eigenvalue weighted by Gasteiger charge is -2.29. The van der Waals surface area contributed by atoms with Crippen LogP contribution in [0.1, 0.15) is 36.9 Å². The van der Waals surface area contributed by atoms with E-state index < -0.39 is 0 Å². The molecule has 1 aromatic rings. The van der Waals surface area contributed by atoms with Crippen molar-refractivity contribution >= 4 is 29.9 Å². The maximum atomic E-state index is 13.7. The SMILES string of the molecule is CN=C(NCC1CCN(C)CC1)NC(C)c1ccc(C)c(F)c1.I. The van der Waals surface area contributed by atoms with Crippen LogP contribution in [0.25, 0.3) is 0 Å². The zero-order chi connectivity index (χ0) is 16.8. The summed E-state index contributed by atoms with van der Waals surface area (Å²) in [4.78, 5) is 6.66. The van der Waals surface area contributed by atoms with Crippen LogP contribution in [0.15, 0.2) is 23.2 Å². The summed E-state index contributed by atoms with van der Waals surface area (Å²) in [5.74, 6) is 1.31. The van der Waals surface area contributed by atoms with Crippen molar-refractivity contribution in [3.05, 3.63) is 35.1 Å². The smallest absolute Gasteiger partial charge is 0.191 e. The second-order valence-corrected chi connectivity index (χ2v) is 6.57. The zero-order valence-electron chi connectivity index (χ0n) is 15.1. The van der Waals surface area contributed by atoms with Crippen molar-refractivity contribution in [1.82, 2.24) is 15.5 Å². The zero-order valence-corrected chi connectivity index (χ0v) is 17.4. The molecule has 6 heteroatoms. The molecule has 0 amide bonds. The van der Waals surface area contributed by atoms with Gasteiger partial charge in [-0.2, -0.15) is 0 Å². The number of halogens is 2. The van der Waals surface area contributed by atoms with Crippen LogP contribution in [0.4, 0.5) is 4.39 Å². The van der Waals surface area contributed by atoms with Crippen LogP contribution in [0.5, 0.6) is 0 Å². The number of rotatable bonds is 4. The first-order chi connectivity index (χ1) is 11.0. The van der Waals surface area contributed by atoms with Gasteiger partial charge in [0.15, 0.2) is 5.96 Å². The maximum absolute atomic E-state index is 13.7. The van der Waals surface area contributed by atoms with E-state index in [1.807, 2.05) is 19.1 Å². The van der Waals surface area contributed by atoms with Gasteiger partial charge in [0.05, 0.1) is 6.04 Å².